The zero-order chi connectivity index (χ0) is 12.1. The lowest BCUT2D eigenvalue weighted by atomic mass is 9.97. The molecule has 17 heavy (non-hydrogen) atoms. The highest BCUT2D eigenvalue weighted by atomic mass is 15.2. The Morgan fingerprint density at radius 2 is 2.35 bits per heavy atom. The van der Waals surface area contributed by atoms with Gasteiger partial charge in [0.1, 0.15) is 0 Å². The molecular formula is C14H23N3. The van der Waals surface area contributed by atoms with E-state index in [4.69, 9.17) is 5.73 Å². The van der Waals surface area contributed by atoms with Crippen LogP contribution in [0.5, 0.6) is 0 Å². The molecule has 1 aliphatic rings. The van der Waals surface area contributed by atoms with E-state index in [1.807, 2.05) is 12.3 Å². The van der Waals surface area contributed by atoms with Gasteiger partial charge in [0, 0.05) is 25.3 Å². The molecule has 0 bridgehead atoms. The van der Waals surface area contributed by atoms with Crippen molar-refractivity contribution in [3.8, 4) is 0 Å². The van der Waals surface area contributed by atoms with Crippen molar-refractivity contribution in [2.24, 2.45) is 5.73 Å². The van der Waals surface area contributed by atoms with Crippen LogP contribution >= 0.6 is 0 Å². The van der Waals surface area contributed by atoms with Crippen molar-refractivity contribution in [3.05, 3.63) is 24.0 Å². The van der Waals surface area contributed by atoms with E-state index >= 15 is 0 Å². The van der Waals surface area contributed by atoms with Crippen molar-refractivity contribution in [2.75, 3.05) is 11.4 Å². The topological polar surface area (TPSA) is 42.2 Å². The summed E-state index contributed by atoms with van der Waals surface area (Å²) in [5, 5.41) is 0. The number of pyridine rings is 1. The first kappa shape index (κ1) is 12.4. The second-order valence-corrected chi connectivity index (χ2v) is 4.81. The number of hydrogen-bond donors (Lipinski definition) is 1. The zero-order valence-corrected chi connectivity index (χ0v) is 10.7. The Labute approximate surface area is 104 Å². The lowest BCUT2D eigenvalue weighted by Crippen LogP contribution is -2.40. The van der Waals surface area contributed by atoms with Crippen LogP contribution in [0.2, 0.25) is 0 Å². The maximum atomic E-state index is 5.79. The Morgan fingerprint density at radius 3 is 3.12 bits per heavy atom. The third-order valence-corrected chi connectivity index (χ3v) is 3.62. The average molecular weight is 233 g/mol. The number of hydrogen-bond acceptors (Lipinski definition) is 3. The van der Waals surface area contributed by atoms with Gasteiger partial charge >= 0.3 is 0 Å². The molecule has 2 heterocycles. The van der Waals surface area contributed by atoms with E-state index in [1.54, 1.807) is 0 Å². The predicted molar refractivity (Wildman–Crippen MR) is 72.0 cm³/mol. The minimum absolute atomic E-state index is 0.533. The summed E-state index contributed by atoms with van der Waals surface area (Å²) in [6.45, 7) is 3.95. The van der Waals surface area contributed by atoms with Crippen LogP contribution in [0.3, 0.4) is 0 Å². The van der Waals surface area contributed by atoms with Gasteiger partial charge in [0.05, 0.1) is 11.4 Å². The molecule has 2 rings (SSSR count). The lowest BCUT2D eigenvalue weighted by molar-refractivity contribution is 0.433. The van der Waals surface area contributed by atoms with E-state index in [2.05, 4.69) is 22.9 Å². The summed E-state index contributed by atoms with van der Waals surface area (Å²) in [7, 11) is 0. The molecule has 3 heteroatoms. The molecule has 1 fully saturated rings. The smallest absolute Gasteiger partial charge is 0.0772 e. The molecule has 94 valence electrons. The van der Waals surface area contributed by atoms with Gasteiger partial charge < -0.3 is 10.6 Å². The predicted octanol–water partition coefficient (Wildman–Crippen LogP) is 2.70. The van der Waals surface area contributed by atoms with Crippen molar-refractivity contribution in [2.45, 2.75) is 51.6 Å². The highest BCUT2D eigenvalue weighted by molar-refractivity contribution is 5.51. The summed E-state index contributed by atoms with van der Waals surface area (Å²) in [6.07, 6.45) is 8.33. The summed E-state index contributed by atoms with van der Waals surface area (Å²) in [5.74, 6) is 0. The van der Waals surface area contributed by atoms with Crippen LogP contribution in [0.4, 0.5) is 5.69 Å². The number of rotatable bonds is 4. The van der Waals surface area contributed by atoms with Crippen LogP contribution in [-0.2, 0) is 6.54 Å². The van der Waals surface area contributed by atoms with Crippen molar-refractivity contribution < 1.29 is 0 Å². The van der Waals surface area contributed by atoms with Gasteiger partial charge in [0.15, 0.2) is 0 Å². The molecule has 0 radical (unpaired) electrons. The molecule has 2 N–H and O–H groups in total. The molecule has 1 saturated heterocycles. The number of piperidine rings is 1. The fraction of sp³-hybridized carbons (Fsp3) is 0.643. The standard InChI is InChI=1S/C14H23N3/c1-2-6-12-7-3-4-10-17(12)14-8-5-9-16-13(14)11-15/h5,8-9,12H,2-4,6-7,10-11,15H2,1H3. The van der Waals surface area contributed by atoms with E-state index < -0.39 is 0 Å². The molecule has 1 unspecified atom stereocenters. The van der Waals surface area contributed by atoms with Crippen LogP contribution in [0, 0.1) is 0 Å². The third kappa shape index (κ3) is 2.78. The molecule has 1 aliphatic heterocycles. The van der Waals surface area contributed by atoms with Crippen molar-refractivity contribution in [3.63, 3.8) is 0 Å². The van der Waals surface area contributed by atoms with E-state index in [9.17, 15) is 0 Å². The van der Waals surface area contributed by atoms with Crippen LogP contribution < -0.4 is 10.6 Å². The Balaban J connectivity index is 2.22. The molecule has 0 saturated carbocycles. The molecule has 1 atom stereocenters. The first-order valence-electron chi connectivity index (χ1n) is 6.77. The van der Waals surface area contributed by atoms with Crippen LogP contribution in [-0.4, -0.2) is 17.6 Å². The molecule has 3 nitrogen and oxygen atoms in total. The van der Waals surface area contributed by atoms with Gasteiger partial charge in [-0.25, -0.2) is 0 Å². The SMILES string of the molecule is CCCC1CCCCN1c1cccnc1CN. The second kappa shape index (κ2) is 6.01. The van der Waals surface area contributed by atoms with E-state index in [1.165, 1.54) is 37.8 Å². The van der Waals surface area contributed by atoms with Gasteiger partial charge in [-0.3, -0.25) is 4.98 Å². The summed E-state index contributed by atoms with van der Waals surface area (Å²) in [5.41, 5.74) is 8.08. The maximum Gasteiger partial charge on any atom is 0.0772 e. The normalized spacial score (nSPS) is 20.6. The molecular weight excluding hydrogens is 210 g/mol. The largest absolute Gasteiger partial charge is 0.367 e. The van der Waals surface area contributed by atoms with Gasteiger partial charge in [-0.05, 0) is 37.8 Å². The quantitative estimate of drug-likeness (QED) is 0.869. The van der Waals surface area contributed by atoms with Crippen molar-refractivity contribution >= 4 is 5.69 Å². The number of nitrogens with two attached hydrogens (primary N) is 1. The minimum Gasteiger partial charge on any atom is -0.367 e. The van der Waals surface area contributed by atoms with Gasteiger partial charge in [-0.1, -0.05) is 13.3 Å². The third-order valence-electron chi connectivity index (χ3n) is 3.62. The highest BCUT2D eigenvalue weighted by Gasteiger charge is 2.23. The van der Waals surface area contributed by atoms with Crippen molar-refractivity contribution in [1.29, 1.82) is 0 Å². The van der Waals surface area contributed by atoms with E-state index in [-0.39, 0.29) is 0 Å². The Hall–Kier alpha value is -1.09. The lowest BCUT2D eigenvalue weighted by Gasteiger charge is -2.38. The zero-order valence-electron chi connectivity index (χ0n) is 10.7. The average Bonchev–Trinajstić information content (AvgIpc) is 2.40. The molecule has 0 amide bonds. The van der Waals surface area contributed by atoms with Crippen LogP contribution in [0.1, 0.15) is 44.7 Å². The number of anilines is 1. The second-order valence-electron chi connectivity index (χ2n) is 4.81. The summed E-state index contributed by atoms with van der Waals surface area (Å²) in [4.78, 5) is 6.93. The van der Waals surface area contributed by atoms with E-state index in [0.717, 1.165) is 12.2 Å². The number of nitrogens with zero attached hydrogens (tertiary/aromatic N) is 2. The first-order valence-corrected chi connectivity index (χ1v) is 6.77. The first-order chi connectivity index (χ1) is 8.36. The van der Waals surface area contributed by atoms with Gasteiger partial charge in [-0.15, -0.1) is 0 Å². The summed E-state index contributed by atoms with van der Waals surface area (Å²) >= 11 is 0. The van der Waals surface area contributed by atoms with Gasteiger partial charge in [0.25, 0.3) is 0 Å². The molecule has 1 aromatic rings. The van der Waals surface area contributed by atoms with Crippen molar-refractivity contribution in [1.82, 2.24) is 4.98 Å². The minimum atomic E-state index is 0.533. The Morgan fingerprint density at radius 1 is 1.47 bits per heavy atom. The monoisotopic (exact) mass is 233 g/mol. The van der Waals surface area contributed by atoms with Gasteiger partial charge in [-0.2, -0.15) is 0 Å². The maximum absolute atomic E-state index is 5.79. The fourth-order valence-corrected chi connectivity index (χ4v) is 2.80. The molecule has 0 spiro atoms. The molecule has 1 aromatic heterocycles. The molecule has 0 aromatic carbocycles. The Kier molecular flexibility index (Phi) is 4.37. The highest BCUT2D eigenvalue weighted by Crippen LogP contribution is 2.28. The summed E-state index contributed by atoms with van der Waals surface area (Å²) < 4.78 is 0. The van der Waals surface area contributed by atoms with Crippen LogP contribution in [0.15, 0.2) is 18.3 Å². The molecule has 0 aliphatic carbocycles. The number of aromatic nitrogens is 1. The Bertz CT molecular complexity index is 349. The van der Waals surface area contributed by atoms with Crippen LogP contribution in [0.25, 0.3) is 0 Å². The fourth-order valence-electron chi connectivity index (χ4n) is 2.80. The van der Waals surface area contributed by atoms with Gasteiger partial charge in [0.2, 0.25) is 0 Å². The summed E-state index contributed by atoms with van der Waals surface area (Å²) in [6, 6.07) is 4.87. The van der Waals surface area contributed by atoms with E-state index in [0.29, 0.717) is 12.6 Å².